The number of benzene rings is 2. The molecule has 0 radical (unpaired) electrons. The summed E-state index contributed by atoms with van der Waals surface area (Å²) in [5.41, 5.74) is 7.99. The lowest BCUT2D eigenvalue weighted by Gasteiger charge is -2.26. The molecular weight excluding hydrogens is 278 g/mol. The second kappa shape index (κ2) is 7.03. The second-order valence-electron chi connectivity index (χ2n) is 5.37. The van der Waals surface area contributed by atoms with Crippen LogP contribution in [0.1, 0.15) is 11.1 Å². The van der Waals surface area contributed by atoms with E-state index in [4.69, 9.17) is 19.9 Å². The predicted octanol–water partition coefficient (Wildman–Crippen LogP) is 2.43. The molecule has 0 amide bonds. The Labute approximate surface area is 130 Å². The molecule has 116 valence electrons. The molecule has 2 aromatic rings. The SMILES string of the molecule is NCC1(c2ccccc2)OC[C@H](COCc2ccccc2)O1. The van der Waals surface area contributed by atoms with Crippen LogP contribution in [0.2, 0.25) is 0 Å². The van der Waals surface area contributed by atoms with Crippen molar-refractivity contribution < 1.29 is 14.2 Å². The monoisotopic (exact) mass is 299 g/mol. The van der Waals surface area contributed by atoms with Crippen molar-refractivity contribution in [2.75, 3.05) is 19.8 Å². The number of nitrogens with two attached hydrogens (primary N) is 1. The molecule has 2 atom stereocenters. The molecule has 1 unspecified atom stereocenters. The van der Waals surface area contributed by atoms with Gasteiger partial charge in [0.1, 0.15) is 6.10 Å². The van der Waals surface area contributed by atoms with Crippen molar-refractivity contribution in [1.29, 1.82) is 0 Å². The zero-order valence-corrected chi connectivity index (χ0v) is 12.5. The van der Waals surface area contributed by atoms with Gasteiger partial charge in [-0.1, -0.05) is 60.7 Å². The van der Waals surface area contributed by atoms with Crippen molar-refractivity contribution in [3.63, 3.8) is 0 Å². The van der Waals surface area contributed by atoms with Gasteiger partial charge >= 0.3 is 0 Å². The van der Waals surface area contributed by atoms with Crippen molar-refractivity contribution in [2.24, 2.45) is 5.73 Å². The van der Waals surface area contributed by atoms with Crippen LogP contribution in [0.5, 0.6) is 0 Å². The molecule has 3 rings (SSSR count). The van der Waals surface area contributed by atoms with E-state index in [1.54, 1.807) is 0 Å². The molecule has 22 heavy (non-hydrogen) atoms. The number of hydrogen-bond donors (Lipinski definition) is 1. The highest BCUT2D eigenvalue weighted by Gasteiger charge is 2.42. The standard InChI is InChI=1S/C18H21NO3/c19-14-18(16-9-5-2-6-10-16)21-13-17(22-18)12-20-11-15-7-3-1-4-8-15/h1-10,17H,11-14,19H2/t17-,18?/m0/s1. The molecule has 2 aromatic carbocycles. The van der Waals surface area contributed by atoms with Gasteiger partial charge in [0.25, 0.3) is 0 Å². The molecule has 0 aromatic heterocycles. The van der Waals surface area contributed by atoms with Crippen molar-refractivity contribution in [3.8, 4) is 0 Å². The van der Waals surface area contributed by atoms with Crippen molar-refractivity contribution in [1.82, 2.24) is 0 Å². The van der Waals surface area contributed by atoms with Gasteiger partial charge in [0.05, 0.1) is 26.4 Å². The average Bonchev–Trinajstić information content (AvgIpc) is 3.01. The molecule has 1 heterocycles. The lowest BCUT2D eigenvalue weighted by Crippen LogP contribution is -2.37. The summed E-state index contributed by atoms with van der Waals surface area (Å²) in [5, 5.41) is 0. The largest absolute Gasteiger partial charge is 0.374 e. The van der Waals surface area contributed by atoms with Crippen LogP contribution in [0.25, 0.3) is 0 Å². The molecule has 1 aliphatic heterocycles. The fraction of sp³-hybridized carbons (Fsp3) is 0.333. The van der Waals surface area contributed by atoms with Gasteiger partial charge in [-0.25, -0.2) is 0 Å². The molecule has 2 N–H and O–H groups in total. The molecule has 4 nitrogen and oxygen atoms in total. The van der Waals surface area contributed by atoms with Crippen LogP contribution in [0, 0.1) is 0 Å². The molecule has 1 saturated heterocycles. The Morgan fingerprint density at radius 2 is 1.73 bits per heavy atom. The van der Waals surface area contributed by atoms with Gasteiger partial charge in [-0.2, -0.15) is 0 Å². The number of rotatable bonds is 6. The maximum atomic E-state index is 6.05. The molecule has 0 saturated carbocycles. The van der Waals surface area contributed by atoms with E-state index in [-0.39, 0.29) is 12.6 Å². The van der Waals surface area contributed by atoms with Crippen molar-refractivity contribution >= 4 is 0 Å². The van der Waals surface area contributed by atoms with Crippen LogP contribution < -0.4 is 5.73 Å². The van der Waals surface area contributed by atoms with Crippen LogP contribution in [-0.4, -0.2) is 25.9 Å². The summed E-state index contributed by atoms with van der Waals surface area (Å²) in [4.78, 5) is 0. The van der Waals surface area contributed by atoms with Gasteiger partial charge in [0, 0.05) is 5.56 Å². The summed E-state index contributed by atoms with van der Waals surface area (Å²) in [6, 6.07) is 19.9. The van der Waals surface area contributed by atoms with E-state index in [2.05, 4.69) is 0 Å². The zero-order chi connectivity index (χ0) is 15.3. The van der Waals surface area contributed by atoms with Gasteiger partial charge < -0.3 is 19.9 Å². The third kappa shape index (κ3) is 3.36. The number of ether oxygens (including phenoxy) is 3. The van der Waals surface area contributed by atoms with E-state index in [1.807, 2.05) is 60.7 Å². The fourth-order valence-corrected chi connectivity index (χ4v) is 2.60. The predicted molar refractivity (Wildman–Crippen MR) is 84.1 cm³/mol. The van der Waals surface area contributed by atoms with Gasteiger partial charge in [-0.3, -0.25) is 0 Å². The minimum atomic E-state index is -0.845. The van der Waals surface area contributed by atoms with Gasteiger partial charge in [0.2, 0.25) is 5.79 Å². The summed E-state index contributed by atoms with van der Waals surface area (Å²) in [7, 11) is 0. The topological polar surface area (TPSA) is 53.7 Å². The maximum absolute atomic E-state index is 6.05. The average molecular weight is 299 g/mol. The van der Waals surface area contributed by atoms with Crippen LogP contribution in [-0.2, 0) is 26.6 Å². The minimum Gasteiger partial charge on any atom is -0.374 e. The highest BCUT2D eigenvalue weighted by Crippen LogP contribution is 2.33. The zero-order valence-electron chi connectivity index (χ0n) is 12.5. The first-order valence-electron chi connectivity index (χ1n) is 7.51. The highest BCUT2D eigenvalue weighted by molar-refractivity contribution is 5.21. The molecule has 0 aliphatic carbocycles. The Hall–Kier alpha value is -1.72. The van der Waals surface area contributed by atoms with E-state index in [0.717, 1.165) is 11.1 Å². The summed E-state index contributed by atoms with van der Waals surface area (Å²) in [6.45, 7) is 1.83. The van der Waals surface area contributed by atoms with E-state index < -0.39 is 5.79 Å². The fourth-order valence-electron chi connectivity index (χ4n) is 2.60. The quantitative estimate of drug-likeness (QED) is 0.890. The van der Waals surface area contributed by atoms with Gasteiger partial charge in [-0.05, 0) is 5.56 Å². The lowest BCUT2D eigenvalue weighted by atomic mass is 10.1. The molecule has 0 bridgehead atoms. The minimum absolute atomic E-state index is 0.104. The Bertz CT molecular complexity index is 575. The van der Waals surface area contributed by atoms with Crippen molar-refractivity contribution in [2.45, 2.75) is 18.5 Å². The third-order valence-corrected chi connectivity index (χ3v) is 3.76. The summed E-state index contributed by atoms with van der Waals surface area (Å²) in [5.74, 6) is -0.845. The Morgan fingerprint density at radius 3 is 2.41 bits per heavy atom. The first kappa shape index (κ1) is 15.2. The summed E-state index contributed by atoms with van der Waals surface area (Å²) < 4.78 is 17.6. The van der Waals surface area contributed by atoms with Crippen molar-refractivity contribution in [3.05, 3.63) is 71.8 Å². The summed E-state index contributed by atoms with van der Waals surface area (Å²) in [6.07, 6.45) is -0.104. The van der Waals surface area contributed by atoms with Crippen LogP contribution in [0.15, 0.2) is 60.7 Å². The van der Waals surface area contributed by atoms with E-state index in [1.165, 1.54) is 0 Å². The Balaban J connectivity index is 1.55. The molecular formula is C18H21NO3. The summed E-state index contributed by atoms with van der Waals surface area (Å²) >= 11 is 0. The highest BCUT2D eigenvalue weighted by atomic mass is 16.8. The van der Waals surface area contributed by atoms with E-state index in [0.29, 0.717) is 19.8 Å². The number of hydrogen-bond acceptors (Lipinski definition) is 4. The van der Waals surface area contributed by atoms with Crippen LogP contribution in [0.3, 0.4) is 0 Å². The Kier molecular flexibility index (Phi) is 4.85. The van der Waals surface area contributed by atoms with Crippen LogP contribution in [0.4, 0.5) is 0 Å². The molecule has 4 heteroatoms. The molecule has 1 aliphatic rings. The van der Waals surface area contributed by atoms with E-state index >= 15 is 0 Å². The first-order chi connectivity index (χ1) is 10.8. The maximum Gasteiger partial charge on any atom is 0.208 e. The second-order valence-corrected chi connectivity index (χ2v) is 5.37. The molecule has 1 fully saturated rings. The third-order valence-electron chi connectivity index (χ3n) is 3.76. The van der Waals surface area contributed by atoms with Gasteiger partial charge in [-0.15, -0.1) is 0 Å². The Morgan fingerprint density at radius 1 is 1.05 bits per heavy atom. The lowest BCUT2D eigenvalue weighted by molar-refractivity contribution is -0.174. The van der Waals surface area contributed by atoms with Gasteiger partial charge in [0.15, 0.2) is 0 Å². The normalized spacial score (nSPS) is 24.5. The van der Waals surface area contributed by atoms with Crippen LogP contribution >= 0.6 is 0 Å². The van der Waals surface area contributed by atoms with E-state index in [9.17, 15) is 0 Å². The first-order valence-corrected chi connectivity index (χ1v) is 7.51. The molecule has 0 spiro atoms. The smallest absolute Gasteiger partial charge is 0.208 e.